The summed E-state index contributed by atoms with van der Waals surface area (Å²) in [6.07, 6.45) is 2.49. The van der Waals surface area contributed by atoms with E-state index < -0.39 is 45.6 Å². The van der Waals surface area contributed by atoms with Crippen molar-refractivity contribution in [3.63, 3.8) is 0 Å². The molecular formula is C26H30F2N4O4S. The molecule has 2 heterocycles. The van der Waals surface area contributed by atoms with Gasteiger partial charge in [0.25, 0.3) is 0 Å². The number of aryl methyl sites for hydroxylation is 1. The molecule has 4 N–H and O–H groups in total. The van der Waals surface area contributed by atoms with E-state index in [0.29, 0.717) is 5.69 Å². The number of nitrogens with zero attached hydrogens (tertiary/aromatic N) is 1. The third kappa shape index (κ3) is 7.21. The molecule has 37 heavy (non-hydrogen) atoms. The molecule has 0 radical (unpaired) electrons. The van der Waals surface area contributed by atoms with Crippen LogP contribution in [0.15, 0.2) is 48.9 Å². The van der Waals surface area contributed by atoms with Crippen molar-refractivity contribution in [3.8, 4) is 0 Å². The van der Waals surface area contributed by atoms with Crippen LogP contribution in [0.3, 0.4) is 0 Å². The van der Waals surface area contributed by atoms with Crippen molar-refractivity contribution in [1.29, 1.82) is 0 Å². The molecule has 1 amide bonds. The fraction of sp³-hybridized carbons (Fsp3) is 0.385. The fourth-order valence-electron chi connectivity index (χ4n) is 4.61. The first-order valence-corrected chi connectivity index (χ1v) is 13.9. The van der Waals surface area contributed by atoms with Gasteiger partial charge in [-0.25, -0.2) is 22.2 Å². The van der Waals surface area contributed by atoms with Gasteiger partial charge in [-0.05, 0) is 47.2 Å². The van der Waals surface area contributed by atoms with Crippen LogP contribution in [0.25, 0.3) is 0 Å². The third-order valence-electron chi connectivity index (χ3n) is 6.46. The number of hydrogen-bond acceptors (Lipinski definition) is 6. The smallest absolute Gasteiger partial charge is 0.226 e. The number of fused-ring (bicyclic) bond motifs is 1. The van der Waals surface area contributed by atoms with Crippen LogP contribution < -0.4 is 10.6 Å². The van der Waals surface area contributed by atoms with Crippen LogP contribution in [0.4, 0.5) is 8.78 Å². The molecule has 8 nitrogen and oxygen atoms in total. The number of sulfone groups is 1. The Morgan fingerprint density at radius 2 is 1.95 bits per heavy atom. The number of aliphatic hydroxyl groups excluding tert-OH is 1. The van der Waals surface area contributed by atoms with Crippen molar-refractivity contribution in [1.82, 2.24) is 20.6 Å². The Hall–Kier alpha value is -3.15. The van der Waals surface area contributed by atoms with E-state index in [1.165, 1.54) is 12.5 Å². The summed E-state index contributed by atoms with van der Waals surface area (Å²) in [4.78, 5) is 19.4. The second kappa shape index (κ2) is 11.5. The van der Waals surface area contributed by atoms with Crippen molar-refractivity contribution in [2.45, 2.75) is 50.1 Å². The summed E-state index contributed by atoms with van der Waals surface area (Å²) in [6, 6.07) is 7.32. The SMILES string of the molecule is CCc1ccc2c(c1)[C@@H](NC[C@@H](O)[C@H](Cc1cc(F)cc(F)c1)NC(=O)Cc1cnc[nH]1)CS(=O)(=O)C2. The lowest BCUT2D eigenvalue weighted by Crippen LogP contribution is -2.50. The van der Waals surface area contributed by atoms with Gasteiger partial charge >= 0.3 is 0 Å². The molecule has 0 aliphatic carbocycles. The van der Waals surface area contributed by atoms with Crippen LogP contribution in [0.2, 0.25) is 0 Å². The second-order valence-corrected chi connectivity index (χ2v) is 11.5. The van der Waals surface area contributed by atoms with Gasteiger partial charge in [0.05, 0.1) is 36.4 Å². The Bertz CT molecular complexity index is 1330. The van der Waals surface area contributed by atoms with E-state index in [1.54, 1.807) is 0 Å². The highest BCUT2D eigenvalue weighted by atomic mass is 32.2. The molecule has 4 rings (SSSR count). The maximum atomic E-state index is 13.8. The summed E-state index contributed by atoms with van der Waals surface area (Å²) >= 11 is 0. The largest absolute Gasteiger partial charge is 0.390 e. The minimum atomic E-state index is -3.35. The van der Waals surface area contributed by atoms with Crippen LogP contribution >= 0.6 is 0 Å². The van der Waals surface area contributed by atoms with E-state index in [-0.39, 0.29) is 36.5 Å². The van der Waals surface area contributed by atoms with Gasteiger partial charge in [-0.1, -0.05) is 25.1 Å². The molecule has 0 unspecified atom stereocenters. The van der Waals surface area contributed by atoms with E-state index in [2.05, 4.69) is 20.6 Å². The minimum Gasteiger partial charge on any atom is -0.390 e. The molecule has 1 aliphatic heterocycles. The molecule has 0 bridgehead atoms. The van der Waals surface area contributed by atoms with E-state index in [0.717, 1.165) is 41.3 Å². The Morgan fingerprint density at radius 1 is 1.19 bits per heavy atom. The predicted molar refractivity (Wildman–Crippen MR) is 134 cm³/mol. The lowest BCUT2D eigenvalue weighted by atomic mass is 9.97. The number of amides is 1. The quantitative estimate of drug-likeness (QED) is 0.317. The lowest BCUT2D eigenvalue weighted by Gasteiger charge is -2.30. The number of nitrogens with one attached hydrogen (secondary N) is 3. The first-order chi connectivity index (χ1) is 17.6. The summed E-state index contributed by atoms with van der Waals surface area (Å²) in [7, 11) is -3.35. The van der Waals surface area contributed by atoms with E-state index in [9.17, 15) is 27.1 Å². The molecule has 3 atom stereocenters. The second-order valence-electron chi connectivity index (χ2n) is 9.38. The normalized spacial score (nSPS) is 18.1. The highest BCUT2D eigenvalue weighted by Crippen LogP contribution is 2.29. The number of benzene rings is 2. The Kier molecular flexibility index (Phi) is 8.35. The molecule has 0 saturated carbocycles. The zero-order chi connectivity index (χ0) is 26.6. The third-order valence-corrected chi connectivity index (χ3v) is 8.05. The maximum absolute atomic E-state index is 13.8. The highest BCUT2D eigenvalue weighted by molar-refractivity contribution is 7.90. The van der Waals surface area contributed by atoms with Crippen molar-refractivity contribution < 1.29 is 27.1 Å². The number of carbonyl (C=O) groups excluding carboxylic acids is 1. The van der Waals surface area contributed by atoms with Gasteiger partial charge in [-0.15, -0.1) is 0 Å². The van der Waals surface area contributed by atoms with Gasteiger partial charge < -0.3 is 20.7 Å². The number of H-pyrrole nitrogens is 1. The van der Waals surface area contributed by atoms with Crippen molar-refractivity contribution in [3.05, 3.63) is 88.5 Å². The molecule has 198 valence electrons. The van der Waals surface area contributed by atoms with Crippen LogP contribution in [0, 0.1) is 11.6 Å². The van der Waals surface area contributed by atoms with Crippen LogP contribution in [0.1, 0.15) is 40.9 Å². The summed E-state index contributed by atoms with van der Waals surface area (Å²) in [6.45, 7) is 1.96. The topological polar surface area (TPSA) is 124 Å². The number of aromatic amines is 1. The van der Waals surface area contributed by atoms with Crippen molar-refractivity contribution in [2.24, 2.45) is 0 Å². The van der Waals surface area contributed by atoms with Gasteiger partial charge in [-0.3, -0.25) is 4.79 Å². The van der Waals surface area contributed by atoms with Crippen LogP contribution in [0.5, 0.6) is 0 Å². The molecule has 0 fully saturated rings. The fourth-order valence-corrected chi connectivity index (χ4v) is 6.27. The van der Waals surface area contributed by atoms with Crippen LogP contribution in [-0.2, 0) is 39.6 Å². The summed E-state index contributed by atoms with van der Waals surface area (Å²) < 4.78 is 52.6. The molecular weight excluding hydrogens is 502 g/mol. The molecule has 0 spiro atoms. The molecule has 2 aromatic carbocycles. The summed E-state index contributed by atoms with van der Waals surface area (Å²) in [5.41, 5.74) is 3.49. The van der Waals surface area contributed by atoms with E-state index >= 15 is 0 Å². The Morgan fingerprint density at radius 3 is 2.62 bits per heavy atom. The Labute approximate surface area is 214 Å². The molecule has 0 saturated heterocycles. The zero-order valence-corrected chi connectivity index (χ0v) is 21.2. The minimum absolute atomic E-state index is 0.0256. The first kappa shape index (κ1) is 26.9. The van der Waals surface area contributed by atoms with Gasteiger partial charge in [0.1, 0.15) is 11.6 Å². The van der Waals surface area contributed by atoms with E-state index in [4.69, 9.17) is 0 Å². The standard InChI is InChI=1S/C26H30F2N4O4S/c1-2-16-3-4-18-13-37(35,36)14-24(22(18)7-16)30-12-25(33)23(8-17-5-19(27)9-20(28)6-17)32-26(34)10-21-11-29-15-31-21/h3-7,9,11,15,23-25,30,33H,2,8,10,12-14H2,1H3,(H,29,31)(H,32,34)/t23-,24-,25+/m0/s1. The lowest BCUT2D eigenvalue weighted by molar-refractivity contribution is -0.122. The number of aliphatic hydroxyl groups is 1. The maximum Gasteiger partial charge on any atom is 0.226 e. The number of imidazole rings is 1. The van der Waals surface area contributed by atoms with Crippen molar-refractivity contribution in [2.75, 3.05) is 12.3 Å². The Balaban J connectivity index is 1.51. The monoisotopic (exact) mass is 532 g/mol. The first-order valence-electron chi connectivity index (χ1n) is 12.1. The molecule has 11 heteroatoms. The van der Waals surface area contributed by atoms with E-state index in [1.807, 2.05) is 25.1 Å². The molecule has 1 aromatic heterocycles. The summed E-state index contributed by atoms with van der Waals surface area (Å²) in [5, 5.41) is 17.0. The predicted octanol–water partition coefficient (Wildman–Crippen LogP) is 2.14. The number of halogens is 2. The average molecular weight is 533 g/mol. The molecule has 3 aromatic rings. The van der Waals surface area contributed by atoms with Gasteiger partial charge in [-0.2, -0.15) is 0 Å². The number of carbonyl (C=O) groups is 1. The van der Waals surface area contributed by atoms with Gasteiger partial charge in [0.2, 0.25) is 5.91 Å². The number of aromatic nitrogens is 2. The number of rotatable bonds is 10. The zero-order valence-electron chi connectivity index (χ0n) is 20.4. The molecule has 1 aliphatic rings. The van der Waals surface area contributed by atoms with Gasteiger partial charge in [0, 0.05) is 30.5 Å². The van der Waals surface area contributed by atoms with Crippen LogP contribution in [-0.4, -0.2) is 53.8 Å². The summed E-state index contributed by atoms with van der Waals surface area (Å²) in [5.74, 6) is -2.10. The average Bonchev–Trinajstić information content (AvgIpc) is 3.33. The van der Waals surface area contributed by atoms with Crippen molar-refractivity contribution >= 4 is 15.7 Å². The highest BCUT2D eigenvalue weighted by Gasteiger charge is 2.31. The number of hydrogen-bond donors (Lipinski definition) is 4. The van der Waals surface area contributed by atoms with Gasteiger partial charge in [0.15, 0.2) is 9.84 Å².